The zero-order valence-electron chi connectivity index (χ0n) is 11.1. The molecule has 0 radical (unpaired) electrons. The van der Waals surface area contributed by atoms with Crippen LogP contribution in [0.3, 0.4) is 0 Å². The second-order valence-corrected chi connectivity index (χ2v) is 4.84. The van der Waals surface area contributed by atoms with Gasteiger partial charge < -0.3 is 5.32 Å². The van der Waals surface area contributed by atoms with Gasteiger partial charge in [0.25, 0.3) is 0 Å². The van der Waals surface area contributed by atoms with Gasteiger partial charge in [-0.05, 0) is 25.4 Å². The van der Waals surface area contributed by atoms with Gasteiger partial charge in [0.1, 0.15) is 0 Å². The Morgan fingerprint density at radius 2 is 1.47 bits per heavy atom. The highest BCUT2D eigenvalue weighted by Crippen LogP contribution is 2.06. The summed E-state index contributed by atoms with van der Waals surface area (Å²) in [5, 5.41) is 3.54. The Hall–Kier alpha value is -0.0400. The van der Waals surface area contributed by atoms with Crippen molar-refractivity contribution in [2.45, 2.75) is 72.1 Å². The van der Waals surface area contributed by atoms with Crippen LogP contribution >= 0.6 is 0 Å². The normalized spacial score (nSPS) is 13.0. The zero-order valence-corrected chi connectivity index (χ0v) is 11.1. The van der Waals surface area contributed by atoms with E-state index in [0.717, 1.165) is 5.92 Å². The Kier molecular flexibility index (Phi) is 12.0. The summed E-state index contributed by atoms with van der Waals surface area (Å²) in [5.74, 6) is 0.842. The molecule has 0 aliphatic heterocycles. The Balaban J connectivity index is 2.92. The highest BCUT2D eigenvalue weighted by molar-refractivity contribution is 4.55. The number of unbranched alkanes of at least 4 members (excludes halogenated alkanes) is 6. The molecule has 0 spiro atoms. The summed E-state index contributed by atoms with van der Waals surface area (Å²) in [4.78, 5) is 0. The lowest BCUT2D eigenvalue weighted by molar-refractivity contribution is 0.485. The van der Waals surface area contributed by atoms with Crippen molar-refractivity contribution in [3.05, 3.63) is 0 Å². The van der Waals surface area contributed by atoms with Crippen molar-refractivity contribution in [2.24, 2.45) is 5.92 Å². The first-order chi connectivity index (χ1) is 7.31. The summed E-state index contributed by atoms with van der Waals surface area (Å²) in [6.07, 6.45) is 11.2. The maximum absolute atomic E-state index is 3.54. The van der Waals surface area contributed by atoms with Crippen LogP contribution in [0.1, 0.15) is 72.1 Å². The molecule has 1 atom stereocenters. The van der Waals surface area contributed by atoms with Crippen LogP contribution in [0.4, 0.5) is 0 Å². The zero-order chi connectivity index (χ0) is 11.4. The van der Waals surface area contributed by atoms with E-state index in [1.807, 2.05) is 0 Å². The maximum atomic E-state index is 3.54. The van der Waals surface area contributed by atoms with Crippen LogP contribution < -0.4 is 5.32 Å². The lowest BCUT2D eigenvalue weighted by Crippen LogP contribution is -2.21. The number of hydrogen-bond donors (Lipinski definition) is 1. The molecule has 0 fully saturated rings. The van der Waals surface area contributed by atoms with Crippen molar-refractivity contribution < 1.29 is 0 Å². The van der Waals surface area contributed by atoms with E-state index in [4.69, 9.17) is 0 Å². The van der Waals surface area contributed by atoms with E-state index in [9.17, 15) is 0 Å². The third-order valence-corrected chi connectivity index (χ3v) is 3.15. The van der Waals surface area contributed by atoms with E-state index in [2.05, 4.69) is 26.1 Å². The molecule has 1 N–H and O–H groups in total. The summed E-state index contributed by atoms with van der Waals surface area (Å²) >= 11 is 0. The van der Waals surface area contributed by atoms with Gasteiger partial charge in [0, 0.05) is 0 Å². The molecular formula is C14H31N. The molecule has 15 heavy (non-hydrogen) atoms. The van der Waals surface area contributed by atoms with Gasteiger partial charge in [-0.25, -0.2) is 0 Å². The molecule has 1 unspecified atom stereocenters. The van der Waals surface area contributed by atoms with Crippen molar-refractivity contribution in [1.29, 1.82) is 0 Å². The first-order valence-electron chi connectivity index (χ1n) is 7.02. The van der Waals surface area contributed by atoms with Gasteiger partial charge in [0.2, 0.25) is 0 Å². The minimum absolute atomic E-state index is 0.842. The Labute approximate surface area is 97.0 Å². The molecule has 0 amide bonds. The average molecular weight is 213 g/mol. The van der Waals surface area contributed by atoms with Crippen LogP contribution in [-0.2, 0) is 0 Å². The van der Waals surface area contributed by atoms with E-state index in [-0.39, 0.29) is 0 Å². The molecule has 0 rings (SSSR count). The molecule has 0 aromatic heterocycles. The highest BCUT2D eigenvalue weighted by atomic mass is 14.8. The lowest BCUT2D eigenvalue weighted by atomic mass is 10.1. The van der Waals surface area contributed by atoms with E-state index in [1.54, 1.807) is 0 Å². The molecule has 0 saturated carbocycles. The predicted octanol–water partition coefficient (Wildman–Crippen LogP) is 4.37. The van der Waals surface area contributed by atoms with E-state index < -0.39 is 0 Å². The Morgan fingerprint density at radius 1 is 0.867 bits per heavy atom. The van der Waals surface area contributed by atoms with Crippen LogP contribution in [0.25, 0.3) is 0 Å². The van der Waals surface area contributed by atoms with Gasteiger partial charge >= 0.3 is 0 Å². The molecule has 0 aromatic carbocycles. The predicted molar refractivity (Wildman–Crippen MR) is 70.3 cm³/mol. The fraction of sp³-hybridized carbons (Fsp3) is 1.00. The third kappa shape index (κ3) is 11.9. The molecular weight excluding hydrogens is 182 g/mol. The van der Waals surface area contributed by atoms with Gasteiger partial charge in [-0.1, -0.05) is 65.7 Å². The van der Waals surface area contributed by atoms with Crippen molar-refractivity contribution in [3.63, 3.8) is 0 Å². The van der Waals surface area contributed by atoms with Gasteiger partial charge in [0.15, 0.2) is 0 Å². The molecule has 0 bridgehead atoms. The lowest BCUT2D eigenvalue weighted by Gasteiger charge is -2.09. The van der Waals surface area contributed by atoms with E-state index >= 15 is 0 Å². The van der Waals surface area contributed by atoms with Crippen LogP contribution in [0.5, 0.6) is 0 Å². The summed E-state index contributed by atoms with van der Waals surface area (Å²) in [6.45, 7) is 9.28. The largest absolute Gasteiger partial charge is 0.316 e. The third-order valence-electron chi connectivity index (χ3n) is 3.15. The fourth-order valence-corrected chi connectivity index (χ4v) is 1.70. The number of rotatable bonds is 11. The van der Waals surface area contributed by atoms with Crippen LogP contribution in [0, 0.1) is 5.92 Å². The molecule has 0 aromatic rings. The number of nitrogens with one attached hydrogen (secondary N) is 1. The molecule has 1 nitrogen and oxygen atoms in total. The van der Waals surface area contributed by atoms with Crippen molar-refractivity contribution in [2.75, 3.05) is 13.1 Å². The average Bonchev–Trinajstić information content (AvgIpc) is 2.26. The van der Waals surface area contributed by atoms with E-state index in [0.29, 0.717) is 0 Å². The quantitative estimate of drug-likeness (QED) is 0.502. The smallest absolute Gasteiger partial charge is 0.00233 e. The van der Waals surface area contributed by atoms with Gasteiger partial charge in [-0.3, -0.25) is 0 Å². The van der Waals surface area contributed by atoms with Gasteiger partial charge in [-0.15, -0.1) is 0 Å². The van der Waals surface area contributed by atoms with Gasteiger partial charge in [-0.2, -0.15) is 0 Å². The summed E-state index contributed by atoms with van der Waals surface area (Å²) in [5.41, 5.74) is 0. The highest BCUT2D eigenvalue weighted by Gasteiger charge is 1.96. The first-order valence-corrected chi connectivity index (χ1v) is 7.02. The molecule has 0 aliphatic carbocycles. The number of hydrogen-bond acceptors (Lipinski definition) is 1. The van der Waals surface area contributed by atoms with Crippen LogP contribution in [-0.4, -0.2) is 13.1 Å². The minimum Gasteiger partial charge on any atom is -0.316 e. The second kappa shape index (κ2) is 12.0. The summed E-state index contributed by atoms with van der Waals surface area (Å²) < 4.78 is 0. The fourth-order valence-electron chi connectivity index (χ4n) is 1.70. The van der Waals surface area contributed by atoms with Crippen molar-refractivity contribution in [1.82, 2.24) is 5.32 Å². The van der Waals surface area contributed by atoms with Crippen LogP contribution in [0.2, 0.25) is 0 Å². The molecule has 92 valence electrons. The second-order valence-electron chi connectivity index (χ2n) is 4.84. The maximum Gasteiger partial charge on any atom is -0.00233 e. The van der Waals surface area contributed by atoms with E-state index in [1.165, 1.54) is 64.5 Å². The molecule has 0 aliphatic rings. The minimum atomic E-state index is 0.842. The Morgan fingerprint density at radius 3 is 2.07 bits per heavy atom. The first kappa shape index (κ1) is 15.0. The van der Waals surface area contributed by atoms with Crippen molar-refractivity contribution in [3.8, 4) is 0 Å². The Bertz CT molecular complexity index is 112. The summed E-state index contributed by atoms with van der Waals surface area (Å²) in [6, 6.07) is 0. The summed E-state index contributed by atoms with van der Waals surface area (Å²) in [7, 11) is 0. The molecule has 0 heterocycles. The standard InChI is InChI=1S/C14H31N/c1-4-6-7-8-9-10-11-12-15-13-14(3)5-2/h14-15H,4-13H2,1-3H3. The molecule has 1 heteroatoms. The van der Waals surface area contributed by atoms with Crippen molar-refractivity contribution >= 4 is 0 Å². The molecule has 0 saturated heterocycles. The van der Waals surface area contributed by atoms with Gasteiger partial charge in [0.05, 0.1) is 0 Å². The van der Waals surface area contributed by atoms with Crippen LogP contribution in [0.15, 0.2) is 0 Å². The SMILES string of the molecule is CCCCCCCCCNCC(C)CC. The monoisotopic (exact) mass is 213 g/mol. The topological polar surface area (TPSA) is 12.0 Å².